The molecule has 1 saturated heterocycles. The molecule has 1 unspecified atom stereocenters. The van der Waals surface area contributed by atoms with Crippen LogP contribution in [0.2, 0.25) is 0 Å². The number of aromatic hydroxyl groups is 2. The number of benzene rings is 1. The lowest BCUT2D eigenvalue weighted by Crippen LogP contribution is -2.47. The highest BCUT2D eigenvalue weighted by Gasteiger charge is 2.28. The molecular weight excluding hydrogens is 232 g/mol. The highest BCUT2D eigenvalue weighted by Crippen LogP contribution is 2.28. The van der Waals surface area contributed by atoms with Crippen molar-refractivity contribution in [2.75, 3.05) is 13.1 Å². The second-order valence-electron chi connectivity index (χ2n) is 4.95. The van der Waals surface area contributed by atoms with Crippen molar-refractivity contribution in [1.82, 2.24) is 10.6 Å². The van der Waals surface area contributed by atoms with Crippen molar-refractivity contribution in [3.05, 3.63) is 23.8 Å². The molecule has 1 aromatic rings. The van der Waals surface area contributed by atoms with Gasteiger partial charge in [-0.3, -0.25) is 4.79 Å². The summed E-state index contributed by atoms with van der Waals surface area (Å²) in [6.07, 6.45) is 2.11. The molecular formula is C13H18N2O3. The number of hydrogen-bond donors (Lipinski definition) is 4. The Hall–Kier alpha value is -1.75. The van der Waals surface area contributed by atoms with E-state index in [1.54, 1.807) is 0 Å². The second kappa shape index (κ2) is 4.86. The molecule has 0 radical (unpaired) electrons. The Labute approximate surface area is 106 Å². The van der Waals surface area contributed by atoms with Gasteiger partial charge in [0.15, 0.2) is 11.5 Å². The maximum absolute atomic E-state index is 11.9. The van der Waals surface area contributed by atoms with Gasteiger partial charge in [-0.1, -0.05) is 6.07 Å². The molecule has 5 heteroatoms. The minimum Gasteiger partial charge on any atom is -0.504 e. The summed E-state index contributed by atoms with van der Waals surface area (Å²) in [5, 5.41) is 25.1. The highest BCUT2D eigenvalue weighted by atomic mass is 16.3. The average Bonchev–Trinajstić information content (AvgIpc) is 2.77. The molecule has 1 fully saturated rings. The SMILES string of the molecule is CC1(CNC(=O)c2cccc(O)c2O)CCCN1. The predicted octanol–water partition coefficient (Wildman–Crippen LogP) is 0.970. The molecule has 0 aliphatic carbocycles. The van der Waals surface area contributed by atoms with Gasteiger partial charge in [-0.15, -0.1) is 0 Å². The third kappa shape index (κ3) is 2.56. The van der Waals surface area contributed by atoms with Gasteiger partial charge in [0.2, 0.25) is 0 Å². The molecule has 1 aromatic carbocycles. The molecule has 1 amide bonds. The van der Waals surface area contributed by atoms with E-state index in [0.29, 0.717) is 6.54 Å². The van der Waals surface area contributed by atoms with E-state index in [1.165, 1.54) is 18.2 Å². The zero-order valence-corrected chi connectivity index (χ0v) is 10.4. The van der Waals surface area contributed by atoms with E-state index in [-0.39, 0.29) is 28.5 Å². The molecule has 1 heterocycles. The number of carbonyl (C=O) groups excluding carboxylic acids is 1. The fraction of sp³-hybridized carbons (Fsp3) is 0.462. The molecule has 1 aliphatic rings. The highest BCUT2D eigenvalue weighted by molar-refractivity contribution is 5.97. The first-order valence-corrected chi connectivity index (χ1v) is 6.06. The van der Waals surface area contributed by atoms with Crippen LogP contribution in [0.3, 0.4) is 0 Å². The quantitative estimate of drug-likeness (QED) is 0.603. The van der Waals surface area contributed by atoms with Crippen LogP contribution in [0.5, 0.6) is 11.5 Å². The first-order valence-electron chi connectivity index (χ1n) is 6.06. The zero-order valence-electron chi connectivity index (χ0n) is 10.4. The average molecular weight is 250 g/mol. The van der Waals surface area contributed by atoms with Crippen molar-refractivity contribution in [3.8, 4) is 11.5 Å². The van der Waals surface area contributed by atoms with Crippen LogP contribution in [0, 0.1) is 0 Å². The maximum Gasteiger partial charge on any atom is 0.255 e. The van der Waals surface area contributed by atoms with Gasteiger partial charge in [0.1, 0.15) is 0 Å². The third-order valence-electron chi connectivity index (χ3n) is 3.36. The van der Waals surface area contributed by atoms with Gasteiger partial charge in [0, 0.05) is 12.1 Å². The Morgan fingerprint density at radius 1 is 1.50 bits per heavy atom. The smallest absolute Gasteiger partial charge is 0.255 e. The van der Waals surface area contributed by atoms with E-state index in [1.807, 2.05) is 0 Å². The number of rotatable bonds is 3. The van der Waals surface area contributed by atoms with E-state index < -0.39 is 0 Å². The standard InChI is InChI=1S/C13H18N2O3/c1-13(6-3-7-15-13)8-14-12(18)9-4-2-5-10(16)11(9)17/h2,4-5,15-17H,3,6-8H2,1H3,(H,14,18). The lowest BCUT2D eigenvalue weighted by molar-refractivity contribution is 0.0939. The van der Waals surface area contributed by atoms with Crippen molar-refractivity contribution >= 4 is 5.91 Å². The van der Waals surface area contributed by atoms with Crippen LogP contribution in [0.25, 0.3) is 0 Å². The molecule has 5 nitrogen and oxygen atoms in total. The van der Waals surface area contributed by atoms with Crippen molar-refractivity contribution in [1.29, 1.82) is 0 Å². The minimum atomic E-state index is -0.377. The zero-order chi connectivity index (χ0) is 13.2. The second-order valence-corrected chi connectivity index (χ2v) is 4.95. The van der Waals surface area contributed by atoms with Crippen molar-refractivity contribution in [2.24, 2.45) is 0 Å². The van der Waals surface area contributed by atoms with Crippen molar-refractivity contribution < 1.29 is 15.0 Å². The van der Waals surface area contributed by atoms with Gasteiger partial charge >= 0.3 is 0 Å². The van der Waals surface area contributed by atoms with Gasteiger partial charge in [0.25, 0.3) is 5.91 Å². The lowest BCUT2D eigenvalue weighted by Gasteiger charge is -2.24. The number of phenols is 2. The molecule has 18 heavy (non-hydrogen) atoms. The van der Waals surface area contributed by atoms with E-state index in [9.17, 15) is 15.0 Å². The van der Waals surface area contributed by atoms with E-state index >= 15 is 0 Å². The molecule has 1 atom stereocenters. The number of amides is 1. The number of hydrogen-bond acceptors (Lipinski definition) is 4. The van der Waals surface area contributed by atoms with E-state index in [2.05, 4.69) is 17.6 Å². The molecule has 1 aliphatic heterocycles. The molecule has 0 aromatic heterocycles. The Balaban J connectivity index is 2.01. The van der Waals surface area contributed by atoms with Gasteiger partial charge in [-0.05, 0) is 38.4 Å². The lowest BCUT2D eigenvalue weighted by atomic mass is 10.0. The van der Waals surface area contributed by atoms with Crippen molar-refractivity contribution in [2.45, 2.75) is 25.3 Å². The normalized spacial score (nSPS) is 22.9. The fourth-order valence-corrected chi connectivity index (χ4v) is 2.19. The summed E-state index contributed by atoms with van der Waals surface area (Å²) in [6, 6.07) is 4.35. The molecule has 0 spiro atoms. The molecule has 0 saturated carbocycles. The van der Waals surface area contributed by atoms with Gasteiger partial charge in [-0.25, -0.2) is 0 Å². The summed E-state index contributed by atoms with van der Waals surface area (Å²) in [6.45, 7) is 3.52. The Morgan fingerprint density at radius 3 is 2.94 bits per heavy atom. The molecule has 2 rings (SSSR count). The first kappa shape index (κ1) is 12.7. The molecule has 0 bridgehead atoms. The van der Waals surface area contributed by atoms with Gasteiger partial charge in [-0.2, -0.15) is 0 Å². The Morgan fingerprint density at radius 2 is 2.28 bits per heavy atom. The number of phenolic OH excluding ortho intramolecular Hbond substituents is 2. The number of para-hydroxylation sites is 1. The van der Waals surface area contributed by atoms with Crippen LogP contribution < -0.4 is 10.6 Å². The Bertz CT molecular complexity index is 454. The van der Waals surface area contributed by atoms with Crippen LogP contribution >= 0.6 is 0 Å². The first-order chi connectivity index (χ1) is 8.52. The summed E-state index contributed by atoms with van der Waals surface area (Å²) in [5.41, 5.74) is 0.0128. The third-order valence-corrected chi connectivity index (χ3v) is 3.36. The molecule has 98 valence electrons. The van der Waals surface area contributed by atoms with Crippen molar-refractivity contribution in [3.63, 3.8) is 0 Å². The summed E-state index contributed by atoms with van der Waals surface area (Å²) in [5.74, 6) is -1.04. The van der Waals surface area contributed by atoms with Crippen LogP contribution in [-0.4, -0.2) is 34.7 Å². The van der Waals surface area contributed by atoms with E-state index in [4.69, 9.17) is 0 Å². The van der Waals surface area contributed by atoms with E-state index in [0.717, 1.165) is 19.4 Å². The topological polar surface area (TPSA) is 81.6 Å². The summed E-state index contributed by atoms with van der Waals surface area (Å²) < 4.78 is 0. The Kier molecular flexibility index (Phi) is 3.43. The largest absolute Gasteiger partial charge is 0.504 e. The summed E-state index contributed by atoms with van der Waals surface area (Å²) in [4.78, 5) is 11.9. The van der Waals surface area contributed by atoms with Crippen LogP contribution in [0.4, 0.5) is 0 Å². The minimum absolute atomic E-state index is 0.0812. The number of nitrogens with one attached hydrogen (secondary N) is 2. The summed E-state index contributed by atoms with van der Waals surface area (Å²) >= 11 is 0. The maximum atomic E-state index is 11.9. The summed E-state index contributed by atoms with van der Waals surface area (Å²) in [7, 11) is 0. The predicted molar refractivity (Wildman–Crippen MR) is 67.7 cm³/mol. The monoisotopic (exact) mass is 250 g/mol. The van der Waals surface area contributed by atoms with Crippen LogP contribution in [0.1, 0.15) is 30.1 Å². The van der Waals surface area contributed by atoms with Gasteiger partial charge < -0.3 is 20.8 Å². The molecule has 4 N–H and O–H groups in total. The fourth-order valence-electron chi connectivity index (χ4n) is 2.19. The van der Waals surface area contributed by atoms with Crippen LogP contribution in [-0.2, 0) is 0 Å². The number of carbonyl (C=O) groups is 1. The van der Waals surface area contributed by atoms with Gasteiger partial charge in [0.05, 0.1) is 5.56 Å². The van der Waals surface area contributed by atoms with Crippen LogP contribution in [0.15, 0.2) is 18.2 Å².